The topological polar surface area (TPSA) is 116 Å². The van der Waals surface area contributed by atoms with Gasteiger partial charge < -0.3 is 15.8 Å². The van der Waals surface area contributed by atoms with Crippen LogP contribution < -0.4 is 16.6 Å². The lowest BCUT2D eigenvalue weighted by molar-refractivity contribution is -0.143. The molecule has 0 bridgehead atoms. The molecule has 2 rings (SSSR count). The van der Waals surface area contributed by atoms with E-state index in [1.165, 1.54) is 29.0 Å². The fraction of sp³-hybridized carbons (Fsp3) is 0.333. The molecule has 1 aromatic heterocycles. The van der Waals surface area contributed by atoms with Crippen LogP contribution in [0.2, 0.25) is 0 Å². The molecule has 0 radical (unpaired) electrons. The number of aromatic nitrogens is 2. The second-order valence-electron chi connectivity index (χ2n) is 5.86. The number of hydrogen-bond donors (Lipinski definition) is 2. The van der Waals surface area contributed by atoms with Crippen LogP contribution in [0.1, 0.15) is 30.6 Å². The van der Waals surface area contributed by atoms with Crippen molar-refractivity contribution in [2.24, 2.45) is 0 Å². The second-order valence-corrected chi connectivity index (χ2v) is 5.86. The Morgan fingerprint density at radius 3 is 2.81 bits per heavy atom. The lowest BCUT2D eigenvalue weighted by Crippen LogP contribution is -2.37. The zero-order valence-corrected chi connectivity index (χ0v) is 15.1. The van der Waals surface area contributed by atoms with Crippen molar-refractivity contribution in [1.29, 1.82) is 0 Å². The molecule has 8 nitrogen and oxygen atoms in total. The predicted molar refractivity (Wildman–Crippen MR) is 96.2 cm³/mol. The number of nitrogen functional groups attached to an aromatic ring is 1. The second kappa shape index (κ2) is 8.93. The minimum Gasteiger partial charge on any atom is -0.466 e. The highest BCUT2D eigenvalue weighted by Gasteiger charge is 2.20. The van der Waals surface area contributed by atoms with Gasteiger partial charge in [0.1, 0.15) is 12.4 Å². The Morgan fingerprint density at radius 1 is 1.41 bits per heavy atom. The Hall–Kier alpha value is -3.23. The fourth-order valence-electron chi connectivity index (χ4n) is 2.53. The van der Waals surface area contributed by atoms with Gasteiger partial charge in [0, 0.05) is 11.9 Å². The third kappa shape index (κ3) is 5.37. The van der Waals surface area contributed by atoms with Gasteiger partial charge in [0.25, 0.3) is 5.56 Å². The Balaban J connectivity index is 2.22. The molecule has 1 atom stereocenters. The number of nitrogens with zero attached hydrogens (tertiary/aromatic N) is 2. The molecule has 0 aliphatic carbocycles. The summed E-state index contributed by atoms with van der Waals surface area (Å²) < 4.78 is 19.6. The maximum atomic E-state index is 13.6. The molecule has 1 aromatic carbocycles. The summed E-state index contributed by atoms with van der Waals surface area (Å²) in [4.78, 5) is 40.1. The van der Waals surface area contributed by atoms with Gasteiger partial charge in [-0.1, -0.05) is 12.1 Å². The SMILES string of the molecule is CCOC(=O)C[C@H](NC(=O)Cn1c(C)cnc(N)c1=O)c1cccc(F)c1. The van der Waals surface area contributed by atoms with Crippen LogP contribution in [-0.4, -0.2) is 28.0 Å². The van der Waals surface area contributed by atoms with Gasteiger partial charge >= 0.3 is 5.97 Å². The first kappa shape index (κ1) is 20.1. The molecule has 1 amide bonds. The van der Waals surface area contributed by atoms with E-state index >= 15 is 0 Å². The lowest BCUT2D eigenvalue weighted by Gasteiger charge is -2.19. The first-order valence-corrected chi connectivity index (χ1v) is 8.34. The number of carbonyl (C=O) groups excluding carboxylic acids is 2. The van der Waals surface area contributed by atoms with Crippen molar-refractivity contribution < 1.29 is 18.7 Å². The highest BCUT2D eigenvalue weighted by Crippen LogP contribution is 2.18. The van der Waals surface area contributed by atoms with Gasteiger partial charge in [0.05, 0.1) is 19.1 Å². The van der Waals surface area contributed by atoms with E-state index in [0.29, 0.717) is 11.3 Å². The van der Waals surface area contributed by atoms with Gasteiger partial charge in [-0.15, -0.1) is 0 Å². The molecule has 3 N–H and O–H groups in total. The summed E-state index contributed by atoms with van der Waals surface area (Å²) in [5, 5.41) is 2.64. The molecule has 2 aromatic rings. The highest BCUT2D eigenvalue weighted by atomic mass is 19.1. The number of carbonyl (C=O) groups is 2. The summed E-state index contributed by atoms with van der Waals surface area (Å²) in [7, 11) is 0. The van der Waals surface area contributed by atoms with E-state index in [1.807, 2.05) is 0 Å². The summed E-state index contributed by atoms with van der Waals surface area (Å²) >= 11 is 0. The highest BCUT2D eigenvalue weighted by molar-refractivity contribution is 5.78. The van der Waals surface area contributed by atoms with E-state index in [-0.39, 0.29) is 25.4 Å². The minimum atomic E-state index is -0.803. The van der Waals surface area contributed by atoms with E-state index in [9.17, 15) is 18.8 Å². The van der Waals surface area contributed by atoms with Gasteiger partial charge in [0.15, 0.2) is 5.82 Å². The van der Waals surface area contributed by atoms with E-state index in [1.54, 1.807) is 19.9 Å². The predicted octanol–water partition coefficient (Wildman–Crippen LogP) is 1.08. The molecule has 0 aliphatic rings. The summed E-state index contributed by atoms with van der Waals surface area (Å²) in [6.45, 7) is 3.15. The summed E-state index contributed by atoms with van der Waals surface area (Å²) in [5.74, 6) is -1.79. The Kier molecular flexibility index (Phi) is 6.64. The van der Waals surface area contributed by atoms with Crippen LogP contribution in [0.5, 0.6) is 0 Å². The van der Waals surface area contributed by atoms with Crippen molar-refractivity contribution in [2.45, 2.75) is 32.9 Å². The van der Waals surface area contributed by atoms with Gasteiger partial charge in [0.2, 0.25) is 5.91 Å². The smallest absolute Gasteiger partial charge is 0.308 e. The van der Waals surface area contributed by atoms with Crippen molar-refractivity contribution in [2.75, 3.05) is 12.3 Å². The number of anilines is 1. The molecule has 0 fully saturated rings. The van der Waals surface area contributed by atoms with E-state index < -0.39 is 29.3 Å². The number of nitrogens with two attached hydrogens (primary N) is 1. The number of hydrogen-bond acceptors (Lipinski definition) is 6. The monoisotopic (exact) mass is 376 g/mol. The lowest BCUT2D eigenvalue weighted by atomic mass is 10.0. The molecule has 0 saturated heterocycles. The molecular weight excluding hydrogens is 355 g/mol. The summed E-state index contributed by atoms with van der Waals surface area (Å²) in [6, 6.07) is 4.76. The first-order valence-electron chi connectivity index (χ1n) is 8.34. The number of aryl methyl sites for hydroxylation is 1. The van der Waals surface area contributed by atoms with E-state index in [0.717, 1.165) is 0 Å². The maximum absolute atomic E-state index is 13.6. The van der Waals surface area contributed by atoms with Crippen molar-refractivity contribution in [3.05, 3.63) is 57.9 Å². The number of ether oxygens (including phenoxy) is 1. The number of halogens is 1. The number of benzene rings is 1. The molecule has 0 unspecified atom stereocenters. The molecule has 1 heterocycles. The van der Waals surface area contributed by atoms with Crippen LogP contribution >= 0.6 is 0 Å². The van der Waals surface area contributed by atoms with Crippen LogP contribution in [0.15, 0.2) is 35.3 Å². The first-order chi connectivity index (χ1) is 12.8. The number of rotatable bonds is 7. The zero-order chi connectivity index (χ0) is 20.0. The Bertz CT molecular complexity index is 897. The maximum Gasteiger partial charge on any atom is 0.308 e. The number of esters is 1. The third-order valence-corrected chi connectivity index (χ3v) is 3.84. The Labute approximate surface area is 155 Å². The van der Waals surface area contributed by atoms with E-state index in [4.69, 9.17) is 10.5 Å². The van der Waals surface area contributed by atoms with Crippen LogP contribution in [0.4, 0.5) is 10.2 Å². The van der Waals surface area contributed by atoms with Crippen molar-refractivity contribution >= 4 is 17.7 Å². The van der Waals surface area contributed by atoms with Crippen molar-refractivity contribution in [3.63, 3.8) is 0 Å². The average Bonchev–Trinajstić information content (AvgIpc) is 2.61. The van der Waals surface area contributed by atoms with Gasteiger partial charge in [-0.05, 0) is 31.5 Å². The molecule has 27 heavy (non-hydrogen) atoms. The van der Waals surface area contributed by atoms with Gasteiger partial charge in [-0.2, -0.15) is 0 Å². The van der Waals surface area contributed by atoms with Crippen LogP contribution in [-0.2, 0) is 20.9 Å². The molecule has 0 aliphatic heterocycles. The fourth-order valence-corrected chi connectivity index (χ4v) is 2.53. The molecule has 9 heteroatoms. The summed E-state index contributed by atoms with van der Waals surface area (Å²) in [6.07, 6.45) is 1.21. The third-order valence-electron chi connectivity index (χ3n) is 3.84. The summed E-state index contributed by atoms with van der Waals surface area (Å²) in [5.41, 5.74) is 5.78. The number of nitrogens with one attached hydrogen (secondary N) is 1. The zero-order valence-electron chi connectivity index (χ0n) is 15.1. The largest absolute Gasteiger partial charge is 0.466 e. The molecule has 144 valence electrons. The molecule has 0 spiro atoms. The van der Waals surface area contributed by atoms with Crippen molar-refractivity contribution in [1.82, 2.24) is 14.9 Å². The average molecular weight is 376 g/mol. The molecule has 0 saturated carbocycles. The van der Waals surface area contributed by atoms with Crippen molar-refractivity contribution in [3.8, 4) is 0 Å². The van der Waals surface area contributed by atoms with E-state index in [2.05, 4.69) is 10.3 Å². The molecular formula is C18H21FN4O4. The minimum absolute atomic E-state index is 0.171. The van der Waals surface area contributed by atoms with Gasteiger partial charge in [-0.25, -0.2) is 9.37 Å². The normalized spacial score (nSPS) is 11.7. The van der Waals surface area contributed by atoms with Crippen LogP contribution in [0, 0.1) is 12.7 Å². The van der Waals surface area contributed by atoms with Gasteiger partial charge in [-0.3, -0.25) is 19.0 Å². The van der Waals surface area contributed by atoms with Crippen LogP contribution in [0.25, 0.3) is 0 Å². The quantitative estimate of drug-likeness (QED) is 0.699. The Morgan fingerprint density at radius 2 is 2.15 bits per heavy atom. The number of amides is 1. The standard InChI is InChI=1S/C18H21FN4O4/c1-3-27-16(25)8-14(12-5-4-6-13(19)7-12)22-15(24)10-23-11(2)9-21-17(20)18(23)26/h4-7,9,14H,3,8,10H2,1-2H3,(H2,20,21)(H,22,24)/t14-/m0/s1. The van der Waals surface area contributed by atoms with Crippen LogP contribution in [0.3, 0.4) is 0 Å².